The molecule has 1 spiro atoms. The fourth-order valence-electron chi connectivity index (χ4n) is 3.68. The molecule has 0 aromatic carbocycles. The van der Waals surface area contributed by atoms with E-state index >= 15 is 0 Å². The van der Waals surface area contributed by atoms with E-state index in [0.29, 0.717) is 18.7 Å². The van der Waals surface area contributed by atoms with Gasteiger partial charge in [-0.25, -0.2) is 0 Å². The molecule has 1 aromatic heterocycles. The van der Waals surface area contributed by atoms with Gasteiger partial charge in [0.15, 0.2) is 0 Å². The van der Waals surface area contributed by atoms with Crippen LogP contribution in [-0.2, 0) is 4.79 Å². The lowest BCUT2D eigenvalue weighted by Crippen LogP contribution is -2.38. The predicted molar refractivity (Wildman–Crippen MR) is 83.4 cm³/mol. The van der Waals surface area contributed by atoms with Gasteiger partial charge in [0, 0.05) is 44.1 Å². The average Bonchev–Trinajstić information content (AvgIpc) is 3.08. The molecule has 2 aliphatic heterocycles. The quantitative estimate of drug-likeness (QED) is 0.856. The smallest absolute Gasteiger partial charge is 0.254 e. The largest absolute Gasteiger partial charge is 0.342 e. The summed E-state index contributed by atoms with van der Waals surface area (Å²) in [6, 6.07) is 1.77. The maximum atomic E-state index is 12.7. The van der Waals surface area contributed by atoms with E-state index in [0.717, 1.165) is 37.9 Å². The van der Waals surface area contributed by atoms with Crippen LogP contribution in [0, 0.1) is 12.3 Å². The van der Waals surface area contributed by atoms with Gasteiger partial charge in [0.2, 0.25) is 5.91 Å². The molecule has 0 N–H and O–H groups in total. The highest BCUT2D eigenvalue weighted by Gasteiger charge is 2.51. The number of nitrogens with zero attached hydrogens (tertiary/aromatic N) is 3. The van der Waals surface area contributed by atoms with Gasteiger partial charge in [0.25, 0.3) is 5.91 Å². The van der Waals surface area contributed by atoms with Crippen molar-refractivity contribution in [3.63, 3.8) is 0 Å². The lowest BCUT2D eigenvalue weighted by Gasteiger charge is -2.23. The number of pyridine rings is 1. The molecule has 2 aliphatic rings. The van der Waals surface area contributed by atoms with Crippen LogP contribution >= 0.6 is 0 Å². The number of amides is 2. The van der Waals surface area contributed by atoms with Gasteiger partial charge in [-0.05, 0) is 37.8 Å². The van der Waals surface area contributed by atoms with Crippen LogP contribution in [0.3, 0.4) is 0 Å². The van der Waals surface area contributed by atoms with Crippen molar-refractivity contribution in [1.82, 2.24) is 14.8 Å². The van der Waals surface area contributed by atoms with Gasteiger partial charge in [-0.3, -0.25) is 14.6 Å². The van der Waals surface area contributed by atoms with Crippen molar-refractivity contribution in [2.24, 2.45) is 5.41 Å². The zero-order valence-electron chi connectivity index (χ0n) is 13.3. The third-order valence-electron chi connectivity index (χ3n) is 4.99. The van der Waals surface area contributed by atoms with Crippen molar-refractivity contribution in [2.45, 2.75) is 33.1 Å². The molecule has 2 amide bonds. The second kappa shape index (κ2) is 5.71. The number of hydrogen-bond acceptors (Lipinski definition) is 3. The van der Waals surface area contributed by atoms with Crippen LogP contribution in [0.4, 0.5) is 0 Å². The number of carbonyl (C=O) groups is 2. The third kappa shape index (κ3) is 2.38. The Kier molecular flexibility index (Phi) is 3.89. The zero-order chi connectivity index (χ0) is 15.7. The van der Waals surface area contributed by atoms with E-state index in [4.69, 9.17) is 0 Å². The molecule has 0 bridgehead atoms. The monoisotopic (exact) mass is 301 g/mol. The van der Waals surface area contributed by atoms with Gasteiger partial charge >= 0.3 is 0 Å². The number of rotatable bonds is 3. The van der Waals surface area contributed by atoms with E-state index in [-0.39, 0.29) is 17.2 Å². The Hall–Kier alpha value is -1.91. The lowest BCUT2D eigenvalue weighted by molar-refractivity contribution is -0.135. The summed E-state index contributed by atoms with van der Waals surface area (Å²) in [6.45, 7) is 6.89. The van der Waals surface area contributed by atoms with E-state index < -0.39 is 0 Å². The maximum absolute atomic E-state index is 12.7. The second-order valence-corrected chi connectivity index (χ2v) is 6.49. The van der Waals surface area contributed by atoms with E-state index in [1.54, 1.807) is 18.5 Å². The molecule has 1 atom stereocenters. The number of hydrogen-bond donors (Lipinski definition) is 0. The maximum Gasteiger partial charge on any atom is 0.254 e. The van der Waals surface area contributed by atoms with Crippen molar-refractivity contribution < 1.29 is 9.59 Å². The highest BCUT2D eigenvalue weighted by molar-refractivity contribution is 5.96. The Morgan fingerprint density at radius 3 is 2.86 bits per heavy atom. The van der Waals surface area contributed by atoms with Crippen molar-refractivity contribution in [3.05, 3.63) is 29.6 Å². The SMILES string of the molecule is CCCN1CCC2(CCN(C(=O)c3ccncc3C)C2)C1=O. The minimum atomic E-state index is -0.328. The normalized spacial score (nSPS) is 24.5. The number of aryl methyl sites for hydroxylation is 1. The molecule has 2 fully saturated rings. The van der Waals surface area contributed by atoms with Crippen LogP contribution in [-0.4, -0.2) is 52.8 Å². The van der Waals surface area contributed by atoms with Gasteiger partial charge < -0.3 is 9.80 Å². The van der Waals surface area contributed by atoms with Gasteiger partial charge in [-0.1, -0.05) is 6.92 Å². The molecule has 1 aromatic rings. The minimum Gasteiger partial charge on any atom is -0.342 e. The zero-order valence-corrected chi connectivity index (χ0v) is 13.3. The van der Waals surface area contributed by atoms with Crippen LogP contribution in [0.15, 0.2) is 18.5 Å². The van der Waals surface area contributed by atoms with Gasteiger partial charge in [-0.15, -0.1) is 0 Å². The van der Waals surface area contributed by atoms with Crippen molar-refractivity contribution in [1.29, 1.82) is 0 Å². The first kappa shape index (κ1) is 15.0. The summed E-state index contributed by atoms with van der Waals surface area (Å²) >= 11 is 0. The molecular formula is C17H23N3O2. The van der Waals surface area contributed by atoms with Crippen LogP contribution in [0.1, 0.15) is 42.1 Å². The molecule has 0 radical (unpaired) electrons. The van der Waals surface area contributed by atoms with Crippen LogP contribution in [0.5, 0.6) is 0 Å². The van der Waals surface area contributed by atoms with E-state index in [2.05, 4.69) is 11.9 Å². The Bertz CT molecular complexity index is 601. The standard InChI is InChI=1S/C17H23N3O2/c1-3-8-19-9-5-17(16(19)22)6-10-20(12-17)15(21)14-4-7-18-11-13(14)2/h4,7,11H,3,5-6,8-10,12H2,1-2H3. The Labute approximate surface area is 131 Å². The summed E-state index contributed by atoms with van der Waals surface area (Å²) in [6.07, 6.45) is 6.02. The topological polar surface area (TPSA) is 53.5 Å². The molecule has 118 valence electrons. The highest BCUT2D eigenvalue weighted by Crippen LogP contribution is 2.41. The van der Waals surface area contributed by atoms with Crippen molar-refractivity contribution in [3.8, 4) is 0 Å². The van der Waals surface area contributed by atoms with Crippen LogP contribution in [0.25, 0.3) is 0 Å². The molecular weight excluding hydrogens is 278 g/mol. The predicted octanol–water partition coefficient (Wildman–Crippen LogP) is 1.86. The summed E-state index contributed by atoms with van der Waals surface area (Å²) in [4.78, 5) is 33.2. The first-order chi connectivity index (χ1) is 10.6. The molecule has 5 nitrogen and oxygen atoms in total. The molecule has 2 saturated heterocycles. The van der Waals surface area contributed by atoms with E-state index in [1.165, 1.54) is 0 Å². The number of carbonyl (C=O) groups excluding carboxylic acids is 2. The van der Waals surface area contributed by atoms with E-state index in [9.17, 15) is 9.59 Å². The Morgan fingerprint density at radius 1 is 1.36 bits per heavy atom. The molecule has 22 heavy (non-hydrogen) atoms. The van der Waals surface area contributed by atoms with Crippen LogP contribution < -0.4 is 0 Å². The van der Waals surface area contributed by atoms with Gasteiger partial charge in [0.1, 0.15) is 0 Å². The number of likely N-dealkylation sites (tertiary alicyclic amines) is 2. The highest BCUT2D eigenvalue weighted by atomic mass is 16.2. The average molecular weight is 301 g/mol. The lowest BCUT2D eigenvalue weighted by atomic mass is 9.85. The molecule has 5 heteroatoms. The minimum absolute atomic E-state index is 0.0264. The summed E-state index contributed by atoms with van der Waals surface area (Å²) in [7, 11) is 0. The molecule has 0 saturated carbocycles. The molecule has 3 heterocycles. The summed E-state index contributed by atoms with van der Waals surface area (Å²) in [5.41, 5.74) is 1.26. The fourth-order valence-corrected chi connectivity index (χ4v) is 3.68. The first-order valence-corrected chi connectivity index (χ1v) is 8.07. The summed E-state index contributed by atoms with van der Waals surface area (Å²) in [5, 5.41) is 0. The molecule has 1 unspecified atom stereocenters. The van der Waals surface area contributed by atoms with Crippen LogP contribution in [0.2, 0.25) is 0 Å². The first-order valence-electron chi connectivity index (χ1n) is 8.07. The number of aromatic nitrogens is 1. The van der Waals surface area contributed by atoms with Crippen molar-refractivity contribution in [2.75, 3.05) is 26.2 Å². The van der Waals surface area contributed by atoms with E-state index in [1.807, 2.05) is 16.7 Å². The summed E-state index contributed by atoms with van der Waals surface area (Å²) < 4.78 is 0. The van der Waals surface area contributed by atoms with Gasteiger partial charge in [-0.2, -0.15) is 0 Å². The Balaban J connectivity index is 1.74. The van der Waals surface area contributed by atoms with Crippen molar-refractivity contribution >= 4 is 11.8 Å². The van der Waals surface area contributed by atoms with Gasteiger partial charge in [0.05, 0.1) is 5.41 Å². The summed E-state index contributed by atoms with van der Waals surface area (Å²) in [5.74, 6) is 0.273. The molecule has 3 rings (SSSR count). The molecule has 0 aliphatic carbocycles. The third-order valence-corrected chi connectivity index (χ3v) is 4.99. The fraction of sp³-hybridized carbons (Fsp3) is 0.588. The second-order valence-electron chi connectivity index (χ2n) is 6.49. The Morgan fingerprint density at radius 2 is 2.14 bits per heavy atom.